The van der Waals surface area contributed by atoms with E-state index < -0.39 is 0 Å². The van der Waals surface area contributed by atoms with Crippen LogP contribution in [-0.2, 0) is 4.79 Å². The van der Waals surface area contributed by atoms with Crippen LogP contribution in [0.4, 0.5) is 0 Å². The Kier molecular flexibility index (Phi) is 7.62. The van der Waals surface area contributed by atoms with E-state index in [1.165, 1.54) is 0 Å². The minimum Gasteiger partial charge on any atom is -0.497 e. The number of hydrogen-bond acceptors (Lipinski definition) is 3. The van der Waals surface area contributed by atoms with Crippen molar-refractivity contribution in [1.82, 2.24) is 0 Å². The van der Waals surface area contributed by atoms with E-state index in [0.29, 0.717) is 6.42 Å². The maximum atomic E-state index is 12.7. The van der Waals surface area contributed by atoms with Crippen LogP contribution in [0.25, 0.3) is 12.2 Å². The van der Waals surface area contributed by atoms with Crippen molar-refractivity contribution in [2.45, 2.75) is 12.3 Å². The third kappa shape index (κ3) is 6.21. The van der Waals surface area contributed by atoms with Crippen LogP contribution in [0.3, 0.4) is 0 Å². The van der Waals surface area contributed by atoms with Gasteiger partial charge in [0.15, 0.2) is 5.78 Å². The van der Waals surface area contributed by atoms with Gasteiger partial charge < -0.3 is 9.47 Å². The molecule has 0 heterocycles. The molecule has 0 amide bonds. The number of allylic oxidation sites excluding steroid dienone is 2. The van der Waals surface area contributed by atoms with Crippen molar-refractivity contribution < 1.29 is 14.3 Å². The molecule has 3 aromatic rings. The van der Waals surface area contributed by atoms with Crippen molar-refractivity contribution in [3.05, 3.63) is 108 Å². The second-order valence-electron chi connectivity index (χ2n) is 6.93. The molecule has 1 atom stereocenters. The fourth-order valence-corrected chi connectivity index (χ4v) is 3.13. The molecule has 3 rings (SSSR count). The van der Waals surface area contributed by atoms with Crippen LogP contribution in [0.5, 0.6) is 11.5 Å². The first-order valence-corrected chi connectivity index (χ1v) is 9.90. The molecule has 0 spiro atoms. The second kappa shape index (κ2) is 10.8. The molecule has 0 fully saturated rings. The van der Waals surface area contributed by atoms with Crippen LogP contribution in [0, 0.1) is 0 Å². The van der Waals surface area contributed by atoms with Gasteiger partial charge in [-0.05, 0) is 47.0 Å². The SMILES string of the molecule is COc1ccc(/C=C/C(=O)C[C@H](/C=C/c2ccccc2)c2ccc(OC)cc2)cc1. The number of hydrogen-bond donors (Lipinski definition) is 0. The zero-order valence-electron chi connectivity index (χ0n) is 17.3. The van der Waals surface area contributed by atoms with Crippen LogP contribution in [0.1, 0.15) is 29.0 Å². The molecular formula is C27H26O3. The molecule has 3 aromatic carbocycles. The van der Waals surface area contributed by atoms with Gasteiger partial charge in [0.1, 0.15) is 11.5 Å². The van der Waals surface area contributed by atoms with E-state index in [1.807, 2.05) is 84.9 Å². The van der Waals surface area contributed by atoms with Crippen molar-refractivity contribution >= 4 is 17.9 Å². The number of carbonyl (C=O) groups excluding carboxylic acids is 1. The van der Waals surface area contributed by atoms with Crippen molar-refractivity contribution in [2.75, 3.05) is 14.2 Å². The normalized spacial score (nSPS) is 12.2. The Morgan fingerprint density at radius 2 is 1.33 bits per heavy atom. The van der Waals surface area contributed by atoms with E-state index >= 15 is 0 Å². The van der Waals surface area contributed by atoms with E-state index in [0.717, 1.165) is 28.2 Å². The Balaban J connectivity index is 1.75. The lowest BCUT2D eigenvalue weighted by atomic mass is 9.92. The molecule has 0 saturated heterocycles. The van der Waals surface area contributed by atoms with Crippen LogP contribution in [0.15, 0.2) is 91.0 Å². The third-order valence-electron chi connectivity index (χ3n) is 4.86. The summed E-state index contributed by atoms with van der Waals surface area (Å²) < 4.78 is 10.4. The Morgan fingerprint density at radius 1 is 0.767 bits per heavy atom. The van der Waals surface area contributed by atoms with Crippen molar-refractivity contribution in [2.24, 2.45) is 0 Å². The maximum Gasteiger partial charge on any atom is 0.156 e. The minimum absolute atomic E-state index is 0.0240. The Hall–Kier alpha value is -3.59. The number of rotatable bonds is 9. The number of ketones is 1. The number of ether oxygens (including phenoxy) is 2. The van der Waals surface area contributed by atoms with Gasteiger partial charge in [-0.1, -0.05) is 72.8 Å². The van der Waals surface area contributed by atoms with Gasteiger partial charge in [-0.3, -0.25) is 4.79 Å². The summed E-state index contributed by atoms with van der Waals surface area (Å²) in [5.74, 6) is 1.65. The van der Waals surface area contributed by atoms with Gasteiger partial charge in [0.05, 0.1) is 14.2 Å². The van der Waals surface area contributed by atoms with Gasteiger partial charge in [-0.15, -0.1) is 0 Å². The average Bonchev–Trinajstić information content (AvgIpc) is 2.81. The largest absolute Gasteiger partial charge is 0.497 e. The molecule has 0 radical (unpaired) electrons. The molecule has 30 heavy (non-hydrogen) atoms. The molecule has 0 aliphatic heterocycles. The summed E-state index contributed by atoms with van der Waals surface area (Å²) in [7, 11) is 3.28. The average molecular weight is 399 g/mol. The first-order chi connectivity index (χ1) is 14.7. The predicted octanol–water partition coefficient (Wildman–Crippen LogP) is 6.17. The molecule has 0 bridgehead atoms. The quantitative estimate of drug-likeness (QED) is 0.404. The highest BCUT2D eigenvalue weighted by atomic mass is 16.5. The van der Waals surface area contributed by atoms with Gasteiger partial charge >= 0.3 is 0 Å². The Bertz CT molecular complexity index is 985. The lowest BCUT2D eigenvalue weighted by Crippen LogP contribution is -2.03. The van der Waals surface area contributed by atoms with Crippen molar-refractivity contribution in [3.63, 3.8) is 0 Å². The molecule has 0 aliphatic rings. The van der Waals surface area contributed by atoms with Gasteiger partial charge in [0.25, 0.3) is 0 Å². The smallest absolute Gasteiger partial charge is 0.156 e. The van der Waals surface area contributed by atoms with Gasteiger partial charge in [0, 0.05) is 12.3 Å². The molecule has 0 saturated carbocycles. The number of carbonyl (C=O) groups is 1. The Labute approximate surface area is 178 Å². The van der Waals surface area contributed by atoms with Gasteiger partial charge in [-0.25, -0.2) is 0 Å². The molecule has 0 aliphatic carbocycles. The maximum absolute atomic E-state index is 12.7. The zero-order chi connectivity index (χ0) is 21.2. The Morgan fingerprint density at radius 3 is 1.93 bits per heavy atom. The topological polar surface area (TPSA) is 35.5 Å². The summed E-state index contributed by atoms with van der Waals surface area (Å²) in [5.41, 5.74) is 3.15. The molecule has 3 heteroatoms. The second-order valence-corrected chi connectivity index (χ2v) is 6.93. The minimum atomic E-state index is -0.0240. The highest BCUT2D eigenvalue weighted by Gasteiger charge is 2.12. The molecular weight excluding hydrogens is 372 g/mol. The van der Waals surface area contributed by atoms with E-state index in [1.54, 1.807) is 20.3 Å². The van der Waals surface area contributed by atoms with Crippen LogP contribution >= 0.6 is 0 Å². The predicted molar refractivity (Wildman–Crippen MR) is 123 cm³/mol. The van der Waals surface area contributed by atoms with E-state index in [9.17, 15) is 4.79 Å². The van der Waals surface area contributed by atoms with E-state index in [4.69, 9.17) is 9.47 Å². The summed E-state index contributed by atoms with van der Waals surface area (Å²) in [6, 6.07) is 25.6. The zero-order valence-corrected chi connectivity index (χ0v) is 17.3. The van der Waals surface area contributed by atoms with Gasteiger partial charge in [0.2, 0.25) is 0 Å². The van der Waals surface area contributed by atoms with Crippen LogP contribution in [0.2, 0.25) is 0 Å². The summed E-state index contributed by atoms with van der Waals surface area (Å²) in [6.45, 7) is 0. The van der Waals surface area contributed by atoms with Crippen molar-refractivity contribution in [1.29, 1.82) is 0 Å². The van der Waals surface area contributed by atoms with E-state index in [-0.39, 0.29) is 11.7 Å². The summed E-state index contributed by atoms with van der Waals surface area (Å²) in [4.78, 5) is 12.7. The first kappa shape index (κ1) is 21.1. The highest BCUT2D eigenvalue weighted by Crippen LogP contribution is 2.25. The van der Waals surface area contributed by atoms with Crippen LogP contribution in [-0.4, -0.2) is 20.0 Å². The van der Waals surface area contributed by atoms with E-state index in [2.05, 4.69) is 12.2 Å². The molecule has 0 N–H and O–H groups in total. The molecule has 152 valence electrons. The fraction of sp³-hybridized carbons (Fsp3) is 0.148. The lowest BCUT2D eigenvalue weighted by Gasteiger charge is -2.12. The molecule has 0 aromatic heterocycles. The number of benzene rings is 3. The van der Waals surface area contributed by atoms with Crippen molar-refractivity contribution in [3.8, 4) is 11.5 Å². The molecule has 3 nitrogen and oxygen atoms in total. The summed E-state index contributed by atoms with van der Waals surface area (Å²) in [5, 5.41) is 0. The highest BCUT2D eigenvalue weighted by molar-refractivity contribution is 5.94. The number of methoxy groups -OCH3 is 2. The fourth-order valence-electron chi connectivity index (χ4n) is 3.13. The monoisotopic (exact) mass is 398 g/mol. The lowest BCUT2D eigenvalue weighted by molar-refractivity contribution is -0.114. The summed E-state index contributed by atoms with van der Waals surface area (Å²) >= 11 is 0. The first-order valence-electron chi connectivity index (χ1n) is 9.90. The van der Waals surface area contributed by atoms with Crippen LogP contribution < -0.4 is 9.47 Å². The summed E-state index contributed by atoms with van der Waals surface area (Å²) in [6.07, 6.45) is 8.04. The standard InChI is InChI=1S/C27H26O3/c1-29-26-16-10-22(11-17-26)9-15-25(28)20-24(12-8-21-6-4-3-5-7-21)23-13-18-27(30-2)19-14-23/h3-19,24H,20H2,1-2H3/b12-8+,15-9+/t24-/m0/s1. The van der Waals surface area contributed by atoms with Gasteiger partial charge in [-0.2, -0.15) is 0 Å². The third-order valence-corrected chi connectivity index (χ3v) is 4.86. The molecule has 0 unspecified atom stereocenters.